The first-order valence-corrected chi connectivity index (χ1v) is 4.84. The maximum Gasteiger partial charge on any atom is 0.176 e. The van der Waals surface area contributed by atoms with E-state index in [0.29, 0.717) is 0 Å². The number of anilines is 1. The van der Waals surface area contributed by atoms with Crippen molar-refractivity contribution in [2.24, 2.45) is 0 Å². The molecule has 0 spiro atoms. The summed E-state index contributed by atoms with van der Waals surface area (Å²) >= 11 is 0. The summed E-state index contributed by atoms with van der Waals surface area (Å²) in [6.07, 6.45) is 7.90. The normalized spacial score (nSPS) is 10.7. The third-order valence-corrected chi connectivity index (χ3v) is 2.12. The van der Waals surface area contributed by atoms with Crippen molar-refractivity contribution in [3.8, 4) is 0 Å². The Bertz CT molecular complexity index is 444. The molecule has 0 amide bonds. The predicted molar refractivity (Wildman–Crippen MR) is 62.7 cm³/mol. The lowest BCUT2D eigenvalue weighted by atomic mass is 10.2. The molecule has 0 aliphatic rings. The van der Waals surface area contributed by atoms with E-state index in [-0.39, 0.29) is 0 Å². The van der Waals surface area contributed by atoms with Crippen LogP contribution in [0.1, 0.15) is 5.56 Å². The van der Waals surface area contributed by atoms with Crippen molar-refractivity contribution >= 4 is 18.0 Å². The summed E-state index contributed by atoms with van der Waals surface area (Å²) in [5, 5.41) is 0. The second kappa shape index (κ2) is 4.42. The number of benzene rings is 1. The highest BCUT2D eigenvalue weighted by Gasteiger charge is 1.93. The van der Waals surface area contributed by atoms with Gasteiger partial charge in [-0.1, -0.05) is 30.3 Å². The van der Waals surface area contributed by atoms with Crippen molar-refractivity contribution in [3.05, 3.63) is 60.4 Å². The van der Waals surface area contributed by atoms with Crippen LogP contribution in [-0.4, -0.2) is 0 Å². The van der Waals surface area contributed by atoms with Gasteiger partial charge in [0.05, 0.1) is 0 Å². The van der Waals surface area contributed by atoms with Crippen LogP contribution in [-0.2, 0) is 0 Å². The smallest absolute Gasteiger partial charge is 0.176 e. The van der Waals surface area contributed by atoms with Gasteiger partial charge in [0.1, 0.15) is 0 Å². The maximum absolute atomic E-state index is 5.60. The Hall–Kier alpha value is -2.09. The number of pyridine rings is 1. The molecule has 0 saturated heterocycles. The van der Waals surface area contributed by atoms with Crippen LogP contribution < -0.4 is 10.3 Å². The summed E-state index contributed by atoms with van der Waals surface area (Å²) in [5.41, 5.74) is 7.56. The van der Waals surface area contributed by atoms with Gasteiger partial charge in [0.25, 0.3) is 0 Å². The van der Waals surface area contributed by atoms with Crippen LogP contribution in [0.15, 0.2) is 54.9 Å². The highest BCUT2D eigenvalue weighted by Crippen LogP contribution is 2.00. The first-order chi connectivity index (χ1) is 7.34. The molecule has 74 valence electrons. The van der Waals surface area contributed by atoms with E-state index in [1.807, 2.05) is 53.5 Å². The highest BCUT2D eigenvalue weighted by atomic mass is 14.9. The van der Waals surface area contributed by atoms with E-state index in [2.05, 4.69) is 18.2 Å². The molecule has 1 heterocycles. The molecule has 2 rings (SSSR count). The van der Waals surface area contributed by atoms with Crippen molar-refractivity contribution in [3.63, 3.8) is 0 Å². The van der Waals surface area contributed by atoms with Crippen LogP contribution in [0.4, 0.5) is 5.69 Å². The van der Waals surface area contributed by atoms with E-state index in [1.165, 1.54) is 5.56 Å². The van der Waals surface area contributed by atoms with Gasteiger partial charge in [-0.15, -0.1) is 0 Å². The minimum atomic E-state index is 0.777. The zero-order valence-electron chi connectivity index (χ0n) is 8.38. The molecule has 15 heavy (non-hydrogen) atoms. The summed E-state index contributed by atoms with van der Waals surface area (Å²) in [4.78, 5) is 0. The SMILES string of the molecule is Nc1cc[n+](C=Cc2ccccc2)cc1. The number of rotatable bonds is 2. The zero-order valence-corrected chi connectivity index (χ0v) is 8.38. The van der Waals surface area contributed by atoms with Gasteiger partial charge in [-0.2, -0.15) is 4.57 Å². The van der Waals surface area contributed by atoms with Crippen LogP contribution >= 0.6 is 0 Å². The summed E-state index contributed by atoms with van der Waals surface area (Å²) in [6, 6.07) is 13.9. The fourth-order valence-corrected chi connectivity index (χ4v) is 1.29. The van der Waals surface area contributed by atoms with Gasteiger partial charge in [0.15, 0.2) is 18.6 Å². The zero-order chi connectivity index (χ0) is 10.5. The third kappa shape index (κ3) is 2.68. The number of nitrogens with two attached hydrogens (primary N) is 1. The standard InChI is InChI=1S/C13H12N2/c14-13-7-10-15(11-8-13)9-6-12-4-2-1-3-5-12/h1-11,14H/p+1. The van der Waals surface area contributed by atoms with Crippen LogP contribution in [0.3, 0.4) is 0 Å². The molecule has 2 N–H and O–H groups in total. The van der Waals surface area contributed by atoms with Crippen molar-refractivity contribution < 1.29 is 4.57 Å². The minimum absolute atomic E-state index is 0.777. The van der Waals surface area contributed by atoms with E-state index in [0.717, 1.165) is 5.69 Å². The molecule has 2 nitrogen and oxygen atoms in total. The minimum Gasteiger partial charge on any atom is -0.398 e. The highest BCUT2D eigenvalue weighted by molar-refractivity contribution is 5.56. The number of hydrogen-bond acceptors (Lipinski definition) is 1. The van der Waals surface area contributed by atoms with Gasteiger partial charge in [-0.05, 0) is 5.56 Å². The quantitative estimate of drug-likeness (QED) is 0.735. The average Bonchev–Trinajstić information content (AvgIpc) is 2.30. The predicted octanol–water partition coefficient (Wildman–Crippen LogP) is 2.18. The van der Waals surface area contributed by atoms with E-state index in [9.17, 15) is 0 Å². The molecular weight excluding hydrogens is 184 g/mol. The lowest BCUT2D eigenvalue weighted by Crippen LogP contribution is -2.23. The Morgan fingerprint density at radius 2 is 1.60 bits per heavy atom. The summed E-state index contributed by atoms with van der Waals surface area (Å²) in [7, 11) is 0. The molecule has 1 aromatic heterocycles. The number of hydrogen-bond donors (Lipinski definition) is 1. The van der Waals surface area contributed by atoms with E-state index < -0.39 is 0 Å². The topological polar surface area (TPSA) is 29.9 Å². The molecule has 0 atom stereocenters. The van der Waals surface area contributed by atoms with Crippen LogP contribution in [0.2, 0.25) is 0 Å². The number of nitrogen functional groups attached to an aromatic ring is 1. The van der Waals surface area contributed by atoms with Gasteiger partial charge in [-0.25, -0.2) is 0 Å². The number of nitrogens with zero attached hydrogens (tertiary/aromatic N) is 1. The Kier molecular flexibility index (Phi) is 2.79. The first-order valence-electron chi connectivity index (χ1n) is 4.84. The molecule has 0 aliphatic carbocycles. The molecular formula is C13H13N2+. The fraction of sp³-hybridized carbons (Fsp3) is 0. The lowest BCUT2D eigenvalue weighted by molar-refractivity contribution is -0.567. The summed E-state index contributed by atoms with van der Waals surface area (Å²) < 4.78 is 1.96. The first kappa shape index (κ1) is 9.46. The van der Waals surface area contributed by atoms with Gasteiger partial charge < -0.3 is 5.73 Å². The second-order valence-electron chi connectivity index (χ2n) is 3.31. The molecule has 0 fully saturated rings. The van der Waals surface area contributed by atoms with Crippen LogP contribution in [0.25, 0.3) is 12.3 Å². The summed E-state index contributed by atoms with van der Waals surface area (Å²) in [5.74, 6) is 0. The van der Waals surface area contributed by atoms with Gasteiger partial charge in [0, 0.05) is 23.9 Å². The fourth-order valence-electron chi connectivity index (χ4n) is 1.29. The molecule has 1 aromatic carbocycles. The summed E-state index contributed by atoms with van der Waals surface area (Å²) in [6.45, 7) is 0. The molecule has 0 saturated carbocycles. The molecule has 0 unspecified atom stereocenters. The largest absolute Gasteiger partial charge is 0.398 e. The van der Waals surface area contributed by atoms with E-state index >= 15 is 0 Å². The van der Waals surface area contributed by atoms with Gasteiger partial charge in [-0.3, -0.25) is 0 Å². The van der Waals surface area contributed by atoms with Gasteiger partial charge in [0.2, 0.25) is 0 Å². The van der Waals surface area contributed by atoms with Crippen molar-refractivity contribution in [1.29, 1.82) is 0 Å². The van der Waals surface area contributed by atoms with Crippen LogP contribution in [0, 0.1) is 0 Å². The lowest BCUT2D eigenvalue weighted by Gasteiger charge is -1.90. The van der Waals surface area contributed by atoms with Crippen molar-refractivity contribution in [2.45, 2.75) is 0 Å². The van der Waals surface area contributed by atoms with E-state index in [1.54, 1.807) is 0 Å². The average molecular weight is 197 g/mol. The van der Waals surface area contributed by atoms with Crippen LogP contribution in [0.5, 0.6) is 0 Å². The molecule has 0 bridgehead atoms. The molecule has 0 radical (unpaired) electrons. The van der Waals surface area contributed by atoms with E-state index in [4.69, 9.17) is 5.73 Å². The van der Waals surface area contributed by atoms with Crippen molar-refractivity contribution in [1.82, 2.24) is 0 Å². The Balaban J connectivity index is 2.15. The van der Waals surface area contributed by atoms with Gasteiger partial charge >= 0.3 is 0 Å². The second-order valence-corrected chi connectivity index (χ2v) is 3.31. The Morgan fingerprint density at radius 1 is 0.933 bits per heavy atom. The monoisotopic (exact) mass is 197 g/mol. The third-order valence-electron chi connectivity index (χ3n) is 2.12. The molecule has 0 aliphatic heterocycles. The Morgan fingerprint density at radius 3 is 2.27 bits per heavy atom. The number of aromatic nitrogens is 1. The molecule has 2 heteroatoms. The maximum atomic E-state index is 5.60. The van der Waals surface area contributed by atoms with Crippen molar-refractivity contribution in [2.75, 3.05) is 5.73 Å². The Labute approximate surface area is 89.3 Å². The molecule has 2 aromatic rings.